The lowest BCUT2D eigenvalue weighted by molar-refractivity contribution is -0.140. The molecule has 3 heterocycles. The molecule has 1 fully saturated rings. The van der Waals surface area contributed by atoms with Gasteiger partial charge in [0.25, 0.3) is 11.5 Å². The molecule has 2 N–H and O–H groups in total. The Hall–Kier alpha value is -3.30. The van der Waals surface area contributed by atoms with E-state index in [2.05, 4.69) is 10.3 Å². The number of alkyl halides is 3. The minimum absolute atomic E-state index is 0.110. The molecule has 1 aliphatic carbocycles. The van der Waals surface area contributed by atoms with E-state index in [0.717, 1.165) is 36.1 Å². The van der Waals surface area contributed by atoms with Gasteiger partial charge in [-0.25, -0.2) is 0 Å². The lowest BCUT2D eigenvalue weighted by Gasteiger charge is -2.22. The minimum Gasteiger partial charge on any atom is -0.338 e. The fraction of sp³-hybridized carbons (Fsp3) is 0.409. The number of benzene rings is 1. The van der Waals surface area contributed by atoms with Crippen LogP contribution in [0.4, 0.5) is 24.7 Å². The standard InChI is InChI=1S/C22H22F3N5O2/c23-22(24,25)12-29-11-13-10-14(6-7-16(13)21(29)32)27-19-18-17(8-9-26-20(18)31)30(28-19)15-4-2-1-3-5-15/h6-10,15H,1-5,11-12H2,(H,26,31)(H,27,28). The second-order valence-corrected chi connectivity index (χ2v) is 8.43. The summed E-state index contributed by atoms with van der Waals surface area (Å²) in [5.41, 5.74) is 1.81. The number of aromatic amines is 1. The number of fused-ring (bicyclic) bond motifs is 2. The van der Waals surface area contributed by atoms with Crippen LogP contribution in [0.5, 0.6) is 0 Å². The number of carbonyl (C=O) groups is 1. The van der Waals surface area contributed by atoms with Crippen LogP contribution in [-0.4, -0.2) is 38.3 Å². The van der Waals surface area contributed by atoms with Crippen LogP contribution in [0.3, 0.4) is 0 Å². The smallest absolute Gasteiger partial charge is 0.338 e. The molecule has 10 heteroatoms. The maximum absolute atomic E-state index is 12.8. The second-order valence-electron chi connectivity index (χ2n) is 8.43. The minimum atomic E-state index is -4.45. The highest BCUT2D eigenvalue weighted by Gasteiger charge is 2.37. The van der Waals surface area contributed by atoms with Gasteiger partial charge in [-0.2, -0.15) is 18.3 Å². The number of nitrogens with zero attached hydrogens (tertiary/aromatic N) is 3. The van der Waals surface area contributed by atoms with Gasteiger partial charge in [-0.15, -0.1) is 0 Å². The summed E-state index contributed by atoms with van der Waals surface area (Å²) in [6.45, 7) is -1.39. The van der Waals surface area contributed by atoms with E-state index in [0.29, 0.717) is 22.5 Å². The summed E-state index contributed by atoms with van der Waals surface area (Å²) in [6.07, 6.45) is 2.57. The largest absolute Gasteiger partial charge is 0.406 e. The molecule has 1 saturated carbocycles. The van der Waals surface area contributed by atoms with E-state index in [1.54, 1.807) is 18.3 Å². The molecule has 0 unspecified atom stereocenters. The van der Waals surface area contributed by atoms with Gasteiger partial charge in [0.05, 0.1) is 11.6 Å². The molecule has 2 aromatic heterocycles. The Bertz CT molecular complexity index is 1240. The number of halogens is 3. The fourth-order valence-corrected chi connectivity index (χ4v) is 4.73. The predicted molar refractivity (Wildman–Crippen MR) is 113 cm³/mol. The molecular weight excluding hydrogens is 423 g/mol. The number of nitrogens with one attached hydrogen (secondary N) is 2. The Labute approximate surface area is 181 Å². The molecule has 0 atom stereocenters. The van der Waals surface area contributed by atoms with Gasteiger partial charge in [-0.3, -0.25) is 14.3 Å². The normalized spacial score (nSPS) is 17.2. The molecule has 1 aromatic carbocycles. The predicted octanol–water partition coefficient (Wildman–Crippen LogP) is 4.49. The first-order valence-electron chi connectivity index (χ1n) is 10.7. The van der Waals surface area contributed by atoms with Crippen LogP contribution >= 0.6 is 0 Å². The number of carbonyl (C=O) groups excluding carboxylic acids is 1. The number of anilines is 2. The van der Waals surface area contributed by atoms with Crippen molar-refractivity contribution in [3.8, 4) is 0 Å². The quantitative estimate of drug-likeness (QED) is 0.620. The van der Waals surface area contributed by atoms with Gasteiger partial charge in [0.2, 0.25) is 0 Å². The van der Waals surface area contributed by atoms with Crippen molar-refractivity contribution in [2.75, 3.05) is 11.9 Å². The number of amides is 1. The van der Waals surface area contributed by atoms with E-state index in [1.165, 1.54) is 12.5 Å². The highest BCUT2D eigenvalue weighted by atomic mass is 19.4. The summed E-state index contributed by atoms with van der Waals surface area (Å²) >= 11 is 0. The van der Waals surface area contributed by atoms with Crippen LogP contribution < -0.4 is 10.9 Å². The molecule has 32 heavy (non-hydrogen) atoms. The molecule has 3 aromatic rings. The van der Waals surface area contributed by atoms with E-state index in [9.17, 15) is 22.8 Å². The van der Waals surface area contributed by atoms with Crippen LogP contribution in [0, 0.1) is 0 Å². The molecule has 0 saturated heterocycles. The first kappa shape index (κ1) is 20.6. The summed E-state index contributed by atoms with van der Waals surface area (Å²) < 4.78 is 40.2. The Morgan fingerprint density at radius 3 is 2.66 bits per heavy atom. The molecular formula is C22H22F3N5O2. The number of rotatable bonds is 4. The lowest BCUT2D eigenvalue weighted by atomic mass is 9.95. The van der Waals surface area contributed by atoms with Crippen LogP contribution in [0.25, 0.3) is 10.9 Å². The third kappa shape index (κ3) is 3.74. The van der Waals surface area contributed by atoms with Gasteiger partial charge in [-0.05, 0) is 42.7 Å². The number of H-pyrrole nitrogens is 1. The van der Waals surface area contributed by atoms with Crippen LogP contribution in [-0.2, 0) is 6.54 Å². The van der Waals surface area contributed by atoms with Crippen molar-refractivity contribution in [2.24, 2.45) is 0 Å². The molecule has 0 bridgehead atoms. The highest BCUT2D eigenvalue weighted by Crippen LogP contribution is 2.34. The van der Waals surface area contributed by atoms with Gasteiger partial charge < -0.3 is 15.2 Å². The van der Waals surface area contributed by atoms with Crippen molar-refractivity contribution in [1.82, 2.24) is 19.7 Å². The van der Waals surface area contributed by atoms with E-state index >= 15 is 0 Å². The summed E-state index contributed by atoms with van der Waals surface area (Å²) in [5, 5.41) is 8.29. The first-order chi connectivity index (χ1) is 15.3. The number of hydrogen-bond acceptors (Lipinski definition) is 4. The van der Waals surface area contributed by atoms with E-state index in [4.69, 9.17) is 5.10 Å². The number of pyridine rings is 1. The van der Waals surface area contributed by atoms with Gasteiger partial charge in [-0.1, -0.05) is 19.3 Å². The molecule has 7 nitrogen and oxygen atoms in total. The third-order valence-electron chi connectivity index (χ3n) is 6.17. The Morgan fingerprint density at radius 2 is 1.91 bits per heavy atom. The van der Waals surface area contributed by atoms with Gasteiger partial charge >= 0.3 is 6.18 Å². The van der Waals surface area contributed by atoms with Crippen LogP contribution in [0.15, 0.2) is 35.3 Å². The number of hydrogen-bond donors (Lipinski definition) is 2. The zero-order valence-electron chi connectivity index (χ0n) is 17.2. The molecule has 0 radical (unpaired) electrons. The summed E-state index contributed by atoms with van der Waals surface area (Å²) in [5.74, 6) is -0.240. The first-order valence-corrected chi connectivity index (χ1v) is 10.7. The third-order valence-corrected chi connectivity index (χ3v) is 6.17. The molecule has 168 valence electrons. The molecule has 1 aliphatic heterocycles. The van der Waals surface area contributed by atoms with Crippen molar-refractivity contribution in [2.45, 2.75) is 50.9 Å². The second kappa shape index (κ2) is 7.68. The number of aromatic nitrogens is 3. The average molecular weight is 445 g/mol. The van der Waals surface area contributed by atoms with Crippen LogP contribution in [0.1, 0.15) is 54.1 Å². The molecule has 1 amide bonds. The monoisotopic (exact) mass is 445 g/mol. The average Bonchev–Trinajstić information content (AvgIpc) is 3.26. The highest BCUT2D eigenvalue weighted by molar-refractivity contribution is 5.99. The van der Waals surface area contributed by atoms with Gasteiger partial charge in [0, 0.05) is 24.0 Å². The fourth-order valence-electron chi connectivity index (χ4n) is 4.73. The van der Waals surface area contributed by atoms with E-state index in [-0.39, 0.29) is 23.7 Å². The van der Waals surface area contributed by atoms with Crippen molar-refractivity contribution >= 4 is 28.3 Å². The molecule has 0 spiro atoms. The van der Waals surface area contributed by atoms with Gasteiger partial charge in [0.15, 0.2) is 5.82 Å². The van der Waals surface area contributed by atoms with Gasteiger partial charge in [0.1, 0.15) is 11.9 Å². The molecule has 2 aliphatic rings. The lowest BCUT2D eigenvalue weighted by Crippen LogP contribution is -2.34. The summed E-state index contributed by atoms with van der Waals surface area (Å²) in [4.78, 5) is 28.3. The SMILES string of the molecule is O=C1c2ccc(Nc3nn(C4CCCCC4)c4cc[nH]c(=O)c34)cc2CN1CC(F)(F)F. The summed E-state index contributed by atoms with van der Waals surface area (Å²) in [7, 11) is 0. The molecule has 5 rings (SSSR count). The Kier molecular flexibility index (Phi) is 4.94. The van der Waals surface area contributed by atoms with Crippen LogP contribution in [0.2, 0.25) is 0 Å². The Morgan fingerprint density at radius 1 is 1.12 bits per heavy atom. The maximum Gasteiger partial charge on any atom is 0.406 e. The van der Waals surface area contributed by atoms with Crippen molar-refractivity contribution in [1.29, 1.82) is 0 Å². The zero-order chi connectivity index (χ0) is 22.5. The topological polar surface area (TPSA) is 83.0 Å². The van der Waals surface area contributed by atoms with E-state index in [1.807, 2.05) is 10.7 Å². The zero-order valence-corrected chi connectivity index (χ0v) is 17.2. The Balaban J connectivity index is 1.47. The van der Waals surface area contributed by atoms with Crippen molar-refractivity contribution < 1.29 is 18.0 Å². The van der Waals surface area contributed by atoms with Crippen molar-refractivity contribution in [3.05, 3.63) is 51.9 Å². The van der Waals surface area contributed by atoms with E-state index < -0.39 is 18.6 Å². The van der Waals surface area contributed by atoms with Crippen molar-refractivity contribution in [3.63, 3.8) is 0 Å². The maximum atomic E-state index is 12.8. The summed E-state index contributed by atoms with van der Waals surface area (Å²) in [6, 6.07) is 6.83.